The Kier molecular flexibility index (Phi) is 4.20. The van der Waals surface area contributed by atoms with Crippen LogP contribution in [-0.2, 0) is 4.79 Å². The van der Waals surface area contributed by atoms with Gasteiger partial charge in [-0.15, -0.1) is 11.3 Å². The molecular formula is C16H15FN2O2S. The van der Waals surface area contributed by atoms with Crippen LogP contribution in [0.2, 0.25) is 0 Å². The predicted molar refractivity (Wildman–Crippen MR) is 83.5 cm³/mol. The van der Waals surface area contributed by atoms with Gasteiger partial charge < -0.3 is 10.2 Å². The quantitative estimate of drug-likeness (QED) is 0.942. The van der Waals surface area contributed by atoms with E-state index in [-0.39, 0.29) is 23.5 Å². The molecule has 2 amide bonds. The lowest BCUT2D eigenvalue weighted by molar-refractivity contribution is -0.117. The van der Waals surface area contributed by atoms with Crippen molar-refractivity contribution in [1.82, 2.24) is 5.32 Å². The minimum atomic E-state index is -0.324. The Bertz CT molecular complexity index is 670. The summed E-state index contributed by atoms with van der Waals surface area (Å²) in [7, 11) is 0. The summed E-state index contributed by atoms with van der Waals surface area (Å²) < 4.78 is 12.9. The number of nitrogens with zero attached hydrogens (tertiary/aromatic N) is 1. The van der Waals surface area contributed by atoms with E-state index in [2.05, 4.69) is 5.32 Å². The molecule has 1 aromatic heterocycles. The summed E-state index contributed by atoms with van der Waals surface area (Å²) in [5.41, 5.74) is 0.693. The summed E-state index contributed by atoms with van der Waals surface area (Å²) in [6, 6.07) is 9.47. The molecule has 3 rings (SSSR count). The third kappa shape index (κ3) is 3.17. The van der Waals surface area contributed by atoms with E-state index >= 15 is 0 Å². The standard InChI is InChI=1S/C16H15FN2O2S/c17-12-3-5-13(6-4-12)19-10-11(8-15(19)20)9-18-16(21)14-2-1-7-22-14/h1-7,11H,8-10H2,(H,18,21)/t11-/m1/s1. The summed E-state index contributed by atoms with van der Waals surface area (Å²) >= 11 is 1.39. The number of hydrogen-bond acceptors (Lipinski definition) is 3. The van der Waals surface area contributed by atoms with Crippen molar-refractivity contribution in [2.45, 2.75) is 6.42 Å². The van der Waals surface area contributed by atoms with E-state index in [1.165, 1.54) is 23.5 Å². The fourth-order valence-electron chi connectivity index (χ4n) is 2.52. The number of carbonyl (C=O) groups excluding carboxylic acids is 2. The number of benzene rings is 1. The van der Waals surface area contributed by atoms with Crippen molar-refractivity contribution in [3.05, 3.63) is 52.5 Å². The molecule has 6 heteroatoms. The van der Waals surface area contributed by atoms with E-state index in [4.69, 9.17) is 0 Å². The number of anilines is 1. The first-order valence-corrected chi connectivity index (χ1v) is 7.89. The molecule has 0 bridgehead atoms. The van der Waals surface area contributed by atoms with Crippen molar-refractivity contribution >= 4 is 28.8 Å². The fraction of sp³-hybridized carbons (Fsp3) is 0.250. The second-order valence-electron chi connectivity index (χ2n) is 5.24. The number of thiophene rings is 1. The van der Waals surface area contributed by atoms with Crippen molar-refractivity contribution in [3.63, 3.8) is 0 Å². The summed E-state index contributed by atoms with van der Waals surface area (Å²) in [5.74, 6) is -0.360. The third-order valence-corrected chi connectivity index (χ3v) is 4.51. The first kappa shape index (κ1) is 14.7. The van der Waals surface area contributed by atoms with Gasteiger partial charge in [0, 0.05) is 31.1 Å². The second kappa shape index (κ2) is 6.27. The van der Waals surface area contributed by atoms with Crippen LogP contribution in [0, 0.1) is 11.7 Å². The highest BCUT2D eigenvalue weighted by molar-refractivity contribution is 7.12. The molecule has 0 aliphatic carbocycles. The van der Waals surface area contributed by atoms with E-state index in [9.17, 15) is 14.0 Å². The molecule has 1 fully saturated rings. The van der Waals surface area contributed by atoms with E-state index in [0.29, 0.717) is 30.1 Å². The van der Waals surface area contributed by atoms with Crippen LogP contribution in [0.4, 0.5) is 10.1 Å². The average Bonchev–Trinajstić information content (AvgIpc) is 3.15. The Morgan fingerprint density at radius 3 is 2.77 bits per heavy atom. The average molecular weight is 318 g/mol. The molecule has 114 valence electrons. The molecule has 1 saturated heterocycles. The Morgan fingerprint density at radius 2 is 2.09 bits per heavy atom. The van der Waals surface area contributed by atoms with E-state index in [1.54, 1.807) is 23.1 Å². The maximum absolute atomic E-state index is 12.9. The topological polar surface area (TPSA) is 49.4 Å². The molecule has 1 aromatic carbocycles. The van der Waals surface area contributed by atoms with Gasteiger partial charge in [0.15, 0.2) is 0 Å². The van der Waals surface area contributed by atoms with Crippen LogP contribution >= 0.6 is 11.3 Å². The zero-order chi connectivity index (χ0) is 15.5. The summed E-state index contributed by atoms with van der Waals surface area (Å²) in [6.45, 7) is 0.995. The van der Waals surface area contributed by atoms with Crippen LogP contribution in [-0.4, -0.2) is 24.9 Å². The van der Waals surface area contributed by atoms with Gasteiger partial charge in [-0.25, -0.2) is 4.39 Å². The molecule has 1 N–H and O–H groups in total. The minimum Gasteiger partial charge on any atom is -0.351 e. The lowest BCUT2D eigenvalue weighted by Gasteiger charge is -2.16. The van der Waals surface area contributed by atoms with Crippen molar-refractivity contribution < 1.29 is 14.0 Å². The number of hydrogen-bond donors (Lipinski definition) is 1. The highest BCUT2D eigenvalue weighted by Crippen LogP contribution is 2.25. The number of carbonyl (C=O) groups is 2. The third-order valence-electron chi connectivity index (χ3n) is 3.64. The van der Waals surface area contributed by atoms with Crippen LogP contribution in [0.3, 0.4) is 0 Å². The predicted octanol–water partition coefficient (Wildman–Crippen LogP) is 2.67. The Labute approximate surface area is 131 Å². The Morgan fingerprint density at radius 1 is 1.32 bits per heavy atom. The normalized spacial score (nSPS) is 17.8. The number of rotatable bonds is 4. The van der Waals surface area contributed by atoms with Gasteiger partial charge in [0.1, 0.15) is 5.82 Å². The van der Waals surface area contributed by atoms with Crippen LogP contribution in [0.1, 0.15) is 16.1 Å². The fourth-order valence-corrected chi connectivity index (χ4v) is 3.16. The van der Waals surface area contributed by atoms with Gasteiger partial charge in [0.05, 0.1) is 4.88 Å². The summed E-state index contributed by atoms with van der Waals surface area (Å²) in [4.78, 5) is 26.3. The molecule has 0 spiro atoms. The number of amides is 2. The zero-order valence-electron chi connectivity index (χ0n) is 11.8. The number of halogens is 1. The van der Waals surface area contributed by atoms with E-state index in [0.717, 1.165) is 0 Å². The van der Waals surface area contributed by atoms with Gasteiger partial charge in [0.2, 0.25) is 5.91 Å². The van der Waals surface area contributed by atoms with Gasteiger partial charge in [-0.1, -0.05) is 6.07 Å². The van der Waals surface area contributed by atoms with Crippen molar-refractivity contribution in [2.75, 3.05) is 18.0 Å². The van der Waals surface area contributed by atoms with Gasteiger partial charge >= 0.3 is 0 Å². The molecule has 4 nitrogen and oxygen atoms in total. The van der Waals surface area contributed by atoms with Crippen molar-refractivity contribution in [1.29, 1.82) is 0 Å². The molecule has 2 heterocycles. The maximum atomic E-state index is 12.9. The van der Waals surface area contributed by atoms with Gasteiger partial charge in [-0.2, -0.15) is 0 Å². The number of nitrogens with one attached hydrogen (secondary N) is 1. The first-order chi connectivity index (χ1) is 10.6. The highest BCUT2D eigenvalue weighted by Gasteiger charge is 2.30. The van der Waals surface area contributed by atoms with Crippen molar-refractivity contribution in [2.24, 2.45) is 5.92 Å². The van der Waals surface area contributed by atoms with Crippen molar-refractivity contribution in [3.8, 4) is 0 Å². The van der Waals surface area contributed by atoms with Crippen LogP contribution in [0.15, 0.2) is 41.8 Å². The molecule has 0 radical (unpaired) electrons. The van der Waals surface area contributed by atoms with E-state index < -0.39 is 0 Å². The van der Waals surface area contributed by atoms with Gasteiger partial charge in [0.25, 0.3) is 5.91 Å². The minimum absolute atomic E-state index is 0.00183. The lowest BCUT2D eigenvalue weighted by Crippen LogP contribution is -2.30. The van der Waals surface area contributed by atoms with Crippen LogP contribution < -0.4 is 10.2 Å². The lowest BCUT2D eigenvalue weighted by atomic mass is 10.1. The summed E-state index contributed by atoms with van der Waals surface area (Å²) in [5, 5.41) is 4.71. The first-order valence-electron chi connectivity index (χ1n) is 7.01. The maximum Gasteiger partial charge on any atom is 0.261 e. The molecule has 1 atom stereocenters. The molecular weight excluding hydrogens is 303 g/mol. The molecule has 1 aliphatic heterocycles. The summed E-state index contributed by atoms with van der Waals surface area (Å²) in [6.07, 6.45) is 0.391. The smallest absolute Gasteiger partial charge is 0.261 e. The largest absolute Gasteiger partial charge is 0.351 e. The molecule has 22 heavy (non-hydrogen) atoms. The zero-order valence-corrected chi connectivity index (χ0v) is 12.6. The molecule has 0 unspecified atom stereocenters. The van der Waals surface area contributed by atoms with Crippen LogP contribution in [0.25, 0.3) is 0 Å². The highest BCUT2D eigenvalue weighted by atomic mass is 32.1. The molecule has 1 aliphatic rings. The SMILES string of the molecule is O=C(NC[C@H]1CC(=O)N(c2ccc(F)cc2)C1)c1cccs1. The monoisotopic (exact) mass is 318 g/mol. The molecule has 2 aromatic rings. The Hall–Kier alpha value is -2.21. The van der Waals surface area contributed by atoms with E-state index in [1.807, 2.05) is 11.4 Å². The Balaban J connectivity index is 1.58. The van der Waals surface area contributed by atoms with Gasteiger partial charge in [-0.05, 0) is 35.7 Å². The van der Waals surface area contributed by atoms with Gasteiger partial charge in [-0.3, -0.25) is 9.59 Å². The second-order valence-corrected chi connectivity index (χ2v) is 6.19. The van der Waals surface area contributed by atoms with Crippen LogP contribution in [0.5, 0.6) is 0 Å². The molecule has 0 saturated carbocycles.